The molecule has 0 amide bonds. The Morgan fingerprint density at radius 2 is 1.89 bits per heavy atom. The number of rotatable bonds is 5. The van der Waals surface area contributed by atoms with Crippen molar-refractivity contribution in [2.75, 3.05) is 5.32 Å². The van der Waals surface area contributed by atoms with Gasteiger partial charge in [0.1, 0.15) is 0 Å². The number of sulfonamides is 1. The van der Waals surface area contributed by atoms with Gasteiger partial charge in [0.05, 0.1) is 34.3 Å². The molecule has 2 aliphatic rings. The van der Waals surface area contributed by atoms with Gasteiger partial charge in [-0.25, -0.2) is 13.1 Å². The predicted molar refractivity (Wildman–Crippen MR) is 114 cm³/mol. The van der Waals surface area contributed by atoms with Crippen molar-refractivity contribution in [1.29, 1.82) is 0 Å². The molecule has 1 heterocycles. The van der Waals surface area contributed by atoms with Gasteiger partial charge in [-0.2, -0.15) is 0 Å². The molecule has 1 saturated heterocycles. The van der Waals surface area contributed by atoms with E-state index in [-0.39, 0.29) is 28.7 Å². The number of aliphatic hydroxyl groups excluding tert-OH is 1. The highest BCUT2D eigenvalue weighted by Crippen LogP contribution is 2.38. The maximum absolute atomic E-state index is 13.1. The molecule has 3 rings (SSSR count). The molecular weight excluding hydrogens is 444 g/mol. The molecule has 3 atom stereocenters. The summed E-state index contributed by atoms with van der Waals surface area (Å²) in [5, 5.41) is 13.4. The van der Waals surface area contributed by atoms with E-state index in [2.05, 4.69) is 26.0 Å². The molecule has 1 aromatic rings. The standard InChI is InChI=1S/C20H31BrN2O4S/c1-12-9-15(22-14-7-6-8-16(14)24)13(21)10-17(12)28(25,26)23-18-11-19(2,3)27-20(18,4)5/h9-10,14,16,18,22-24H,6-8,11H2,1-5H3/t14-,16-,18?/m1/s1. The number of benzene rings is 1. The van der Waals surface area contributed by atoms with E-state index in [0.29, 0.717) is 16.5 Å². The minimum absolute atomic E-state index is 0.00468. The molecule has 1 aliphatic heterocycles. The van der Waals surface area contributed by atoms with Crippen LogP contribution in [0.1, 0.15) is 58.9 Å². The average molecular weight is 475 g/mol. The third kappa shape index (κ3) is 4.56. The van der Waals surface area contributed by atoms with E-state index >= 15 is 0 Å². The summed E-state index contributed by atoms with van der Waals surface area (Å²) in [6.45, 7) is 9.57. The maximum Gasteiger partial charge on any atom is 0.241 e. The van der Waals surface area contributed by atoms with Gasteiger partial charge in [-0.3, -0.25) is 0 Å². The van der Waals surface area contributed by atoms with E-state index in [1.807, 2.05) is 33.8 Å². The third-order valence-corrected chi connectivity index (χ3v) is 8.02. The lowest BCUT2D eigenvalue weighted by molar-refractivity contribution is -0.0684. The maximum atomic E-state index is 13.1. The molecule has 1 saturated carbocycles. The van der Waals surface area contributed by atoms with Crippen molar-refractivity contribution in [2.45, 2.75) is 94.6 Å². The summed E-state index contributed by atoms with van der Waals surface area (Å²) in [5.74, 6) is 0. The third-order valence-electron chi connectivity index (χ3n) is 5.75. The number of hydrogen-bond acceptors (Lipinski definition) is 5. The predicted octanol–water partition coefficient (Wildman–Crippen LogP) is 3.71. The summed E-state index contributed by atoms with van der Waals surface area (Å²) in [4.78, 5) is 0.248. The monoisotopic (exact) mass is 474 g/mol. The Morgan fingerprint density at radius 1 is 1.21 bits per heavy atom. The first-order valence-electron chi connectivity index (χ1n) is 9.78. The summed E-state index contributed by atoms with van der Waals surface area (Å²) in [6, 6.07) is 3.14. The second-order valence-electron chi connectivity index (χ2n) is 9.19. The number of anilines is 1. The Hall–Kier alpha value is -0.670. The fourth-order valence-corrected chi connectivity index (χ4v) is 6.60. The van der Waals surface area contributed by atoms with Crippen LogP contribution in [0.4, 0.5) is 5.69 Å². The number of ether oxygens (including phenoxy) is 1. The Balaban J connectivity index is 1.83. The lowest BCUT2D eigenvalue weighted by Gasteiger charge is -2.28. The van der Waals surface area contributed by atoms with Gasteiger partial charge in [-0.15, -0.1) is 0 Å². The molecular formula is C20H31BrN2O4S. The summed E-state index contributed by atoms with van der Waals surface area (Å²) in [6.07, 6.45) is 2.92. The Kier molecular flexibility index (Phi) is 5.93. The second kappa shape index (κ2) is 7.54. The highest BCUT2D eigenvalue weighted by Gasteiger charge is 2.47. The number of aryl methyl sites for hydroxylation is 1. The van der Waals surface area contributed by atoms with Crippen LogP contribution in [-0.4, -0.2) is 42.9 Å². The first-order chi connectivity index (χ1) is 12.8. The molecule has 1 aliphatic carbocycles. The van der Waals surface area contributed by atoms with Crippen molar-refractivity contribution >= 4 is 31.6 Å². The Bertz CT molecular complexity index is 854. The van der Waals surface area contributed by atoms with Crippen LogP contribution in [0.25, 0.3) is 0 Å². The van der Waals surface area contributed by atoms with Crippen molar-refractivity contribution < 1.29 is 18.3 Å². The molecule has 0 spiro atoms. The molecule has 8 heteroatoms. The molecule has 0 aromatic heterocycles. The lowest BCUT2D eigenvalue weighted by atomic mass is 9.96. The second-order valence-corrected chi connectivity index (χ2v) is 11.7. The smallest absolute Gasteiger partial charge is 0.241 e. The van der Waals surface area contributed by atoms with Crippen LogP contribution in [0, 0.1) is 6.92 Å². The zero-order valence-corrected chi connectivity index (χ0v) is 19.6. The first kappa shape index (κ1) is 22.0. The van der Waals surface area contributed by atoms with Crippen LogP contribution < -0.4 is 10.0 Å². The van der Waals surface area contributed by atoms with Crippen molar-refractivity contribution in [2.24, 2.45) is 0 Å². The van der Waals surface area contributed by atoms with Gasteiger partial charge in [0, 0.05) is 10.2 Å². The zero-order chi connectivity index (χ0) is 20.9. The van der Waals surface area contributed by atoms with Crippen LogP contribution in [0.15, 0.2) is 21.5 Å². The van der Waals surface area contributed by atoms with E-state index in [4.69, 9.17) is 4.74 Å². The topological polar surface area (TPSA) is 87.7 Å². The van der Waals surface area contributed by atoms with Gasteiger partial charge >= 0.3 is 0 Å². The van der Waals surface area contributed by atoms with Crippen molar-refractivity contribution in [1.82, 2.24) is 4.72 Å². The largest absolute Gasteiger partial charge is 0.391 e. The molecule has 28 heavy (non-hydrogen) atoms. The van der Waals surface area contributed by atoms with E-state index in [1.165, 1.54) is 0 Å². The summed E-state index contributed by atoms with van der Waals surface area (Å²) in [5.41, 5.74) is 0.499. The molecule has 3 N–H and O–H groups in total. The SMILES string of the molecule is Cc1cc(N[C@@H]2CCC[C@H]2O)c(Br)cc1S(=O)(=O)NC1CC(C)(C)OC1(C)C. The lowest BCUT2D eigenvalue weighted by Crippen LogP contribution is -2.46. The fraction of sp³-hybridized carbons (Fsp3) is 0.700. The molecule has 158 valence electrons. The van der Waals surface area contributed by atoms with Crippen LogP contribution in [-0.2, 0) is 14.8 Å². The zero-order valence-electron chi connectivity index (χ0n) is 17.2. The van der Waals surface area contributed by atoms with E-state index < -0.39 is 15.6 Å². The normalized spacial score (nSPS) is 29.2. The average Bonchev–Trinajstić information content (AvgIpc) is 3.01. The summed E-state index contributed by atoms with van der Waals surface area (Å²) in [7, 11) is -3.71. The van der Waals surface area contributed by atoms with Gasteiger partial charge in [-0.05, 0) is 93.9 Å². The van der Waals surface area contributed by atoms with Crippen molar-refractivity contribution in [3.63, 3.8) is 0 Å². The molecule has 0 radical (unpaired) electrons. The van der Waals surface area contributed by atoms with Gasteiger partial charge < -0.3 is 15.2 Å². The Morgan fingerprint density at radius 3 is 2.43 bits per heavy atom. The number of hydrogen-bond donors (Lipinski definition) is 3. The van der Waals surface area contributed by atoms with Crippen LogP contribution >= 0.6 is 15.9 Å². The fourth-order valence-electron chi connectivity index (χ4n) is 4.37. The van der Waals surface area contributed by atoms with E-state index in [0.717, 1.165) is 24.9 Å². The highest BCUT2D eigenvalue weighted by atomic mass is 79.9. The molecule has 2 fully saturated rings. The number of aliphatic hydroxyl groups is 1. The molecule has 6 nitrogen and oxygen atoms in total. The first-order valence-corrected chi connectivity index (χ1v) is 12.1. The van der Waals surface area contributed by atoms with Crippen molar-refractivity contribution in [3.8, 4) is 0 Å². The van der Waals surface area contributed by atoms with Gasteiger partial charge in [-0.1, -0.05) is 0 Å². The van der Waals surface area contributed by atoms with E-state index in [9.17, 15) is 13.5 Å². The van der Waals surface area contributed by atoms with Gasteiger partial charge in [0.2, 0.25) is 10.0 Å². The van der Waals surface area contributed by atoms with E-state index in [1.54, 1.807) is 13.0 Å². The summed E-state index contributed by atoms with van der Waals surface area (Å²) < 4.78 is 35.8. The minimum Gasteiger partial charge on any atom is -0.391 e. The van der Waals surface area contributed by atoms with Crippen molar-refractivity contribution in [3.05, 3.63) is 22.2 Å². The van der Waals surface area contributed by atoms with Gasteiger partial charge in [0.15, 0.2) is 0 Å². The number of halogens is 1. The Labute approximate surface area is 176 Å². The molecule has 1 aromatic carbocycles. The van der Waals surface area contributed by atoms with Crippen LogP contribution in [0.3, 0.4) is 0 Å². The molecule has 1 unspecified atom stereocenters. The van der Waals surface area contributed by atoms with Gasteiger partial charge in [0.25, 0.3) is 0 Å². The van der Waals surface area contributed by atoms with Crippen LogP contribution in [0.2, 0.25) is 0 Å². The quantitative estimate of drug-likeness (QED) is 0.605. The number of nitrogens with one attached hydrogen (secondary N) is 2. The highest BCUT2D eigenvalue weighted by molar-refractivity contribution is 9.10. The van der Waals surface area contributed by atoms with Crippen LogP contribution in [0.5, 0.6) is 0 Å². The molecule has 0 bridgehead atoms. The minimum atomic E-state index is -3.71. The summed E-state index contributed by atoms with van der Waals surface area (Å²) >= 11 is 3.49.